The van der Waals surface area contributed by atoms with Crippen LogP contribution in [0.4, 0.5) is 0 Å². The summed E-state index contributed by atoms with van der Waals surface area (Å²) in [6, 6.07) is 6.16. The van der Waals surface area contributed by atoms with Gasteiger partial charge in [0, 0.05) is 12.3 Å². The zero-order valence-electron chi connectivity index (χ0n) is 6.94. The van der Waals surface area contributed by atoms with Crippen molar-refractivity contribution in [2.75, 3.05) is 0 Å². The maximum Gasteiger partial charge on any atom is 0.151 e. The lowest BCUT2D eigenvalue weighted by atomic mass is 10.1. The maximum atomic E-state index is 10.8. The van der Waals surface area contributed by atoms with Crippen molar-refractivity contribution >= 4 is 10.7 Å². The third kappa shape index (κ3) is 1.64. The molecule has 65 valence electrons. The fourth-order valence-corrected chi connectivity index (χ4v) is 1.04. The molecule has 0 aromatic carbocycles. The summed E-state index contributed by atoms with van der Waals surface area (Å²) in [5, 5.41) is 0. The lowest BCUT2D eigenvalue weighted by molar-refractivity contribution is 0.571. The number of pyridine rings is 1. The molecule has 1 rings (SSSR count). The van der Waals surface area contributed by atoms with Gasteiger partial charge in [0.25, 0.3) is 0 Å². The van der Waals surface area contributed by atoms with Crippen molar-refractivity contribution in [3.05, 3.63) is 30.1 Å². The minimum Gasteiger partial charge on any atom is -0.259 e. The zero-order chi connectivity index (χ0) is 9.19. The van der Waals surface area contributed by atoms with E-state index in [1.807, 2.05) is 0 Å². The third-order valence-electron chi connectivity index (χ3n) is 1.64. The summed E-state index contributed by atoms with van der Waals surface area (Å²) in [5.74, 6) is 0. The Labute approximate surface area is 73.4 Å². The minimum absolute atomic E-state index is 0.459. The summed E-state index contributed by atoms with van der Waals surface area (Å²) in [6.07, 6.45) is 1.56. The van der Waals surface area contributed by atoms with Crippen molar-refractivity contribution in [1.82, 2.24) is 4.98 Å². The summed E-state index contributed by atoms with van der Waals surface area (Å²) in [7, 11) is -2.51. The molecule has 3 nitrogen and oxygen atoms in total. The van der Waals surface area contributed by atoms with Gasteiger partial charge in [-0.3, -0.25) is 4.98 Å². The quantitative estimate of drug-likeness (QED) is 0.689. The van der Waals surface area contributed by atoms with Crippen molar-refractivity contribution in [2.24, 2.45) is 0 Å². The van der Waals surface area contributed by atoms with Crippen molar-refractivity contribution in [2.45, 2.75) is 18.6 Å². The first kappa shape index (κ1) is 9.19. The number of hydrogen-bond acceptors (Lipinski definition) is 3. The van der Waals surface area contributed by atoms with Crippen molar-refractivity contribution in [3.63, 3.8) is 0 Å². The van der Waals surface area contributed by atoms with Gasteiger partial charge in [-0.25, -0.2) is 8.42 Å². The SMILES string of the molecule is CC(C)(c1[c]cccn1)[SH](=O)=O. The molecule has 1 aromatic heterocycles. The fourth-order valence-electron chi connectivity index (χ4n) is 0.746. The Kier molecular flexibility index (Phi) is 2.47. The molecule has 0 N–H and O–H groups in total. The lowest BCUT2D eigenvalue weighted by Crippen LogP contribution is -2.20. The summed E-state index contributed by atoms with van der Waals surface area (Å²) in [6.45, 7) is 3.22. The number of nitrogens with zero attached hydrogens (tertiary/aromatic N) is 1. The molecule has 0 saturated heterocycles. The van der Waals surface area contributed by atoms with Gasteiger partial charge < -0.3 is 0 Å². The van der Waals surface area contributed by atoms with Gasteiger partial charge in [0.2, 0.25) is 0 Å². The monoisotopic (exact) mass is 184 g/mol. The highest BCUT2D eigenvalue weighted by Crippen LogP contribution is 2.20. The Morgan fingerprint density at radius 1 is 1.50 bits per heavy atom. The first-order valence-electron chi connectivity index (χ1n) is 3.53. The van der Waals surface area contributed by atoms with Crippen molar-refractivity contribution in [1.29, 1.82) is 0 Å². The van der Waals surface area contributed by atoms with Crippen LogP contribution in [0.1, 0.15) is 19.5 Å². The van der Waals surface area contributed by atoms with Gasteiger partial charge in [0.05, 0.1) is 5.69 Å². The van der Waals surface area contributed by atoms with Crippen LogP contribution >= 0.6 is 0 Å². The van der Waals surface area contributed by atoms with Crippen LogP contribution in [0.5, 0.6) is 0 Å². The highest BCUT2D eigenvalue weighted by atomic mass is 32.2. The molecule has 0 fully saturated rings. The van der Waals surface area contributed by atoms with Crippen molar-refractivity contribution in [3.8, 4) is 0 Å². The molecule has 4 heteroatoms. The molecular formula is C8H10NO2S. The Bertz CT molecular complexity index is 322. The fraction of sp³-hybridized carbons (Fsp3) is 0.375. The molecule has 12 heavy (non-hydrogen) atoms. The van der Waals surface area contributed by atoms with E-state index < -0.39 is 15.5 Å². The average Bonchev–Trinajstić information content (AvgIpc) is 2.06. The van der Waals surface area contributed by atoms with Gasteiger partial charge in [-0.1, -0.05) is 6.07 Å². The van der Waals surface area contributed by atoms with Gasteiger partial charge in [-0.15, -0.1) is 0 Å². The normalized spacial score (nSPS) is 11.9. The molecule has 0 spiro atoms. The van der Waals surface area contributed by atoms with Crippen LogP contribution in [0, 0.1) is 6.07 Å². The minimum atomic E-state index is -2.51. The molecular weight excluding hydrogens is 174 g/mol. The van der Waals surface area contributed by atoms with Crippen LogP contribution in [-0.4, -0.2) is 13.4 Å². The van der Waals surface area contributed by atoms with E-state index in [9.17, 15) is 8.42 Å². The first-order valence-corrected chi connectivity index (χ1v) is 4.70. The van der Waals surface area contributed by atoms with E-state index in [0.717, 1.165) is 0 Å². The molecule has 0 aliphatic rings. The topological polar surface area (TPSA) is 47.0 Å². The van der Waals surface area contributed by atoms with Gasteiger partial charge in [-0.2, -0.15) is 0 Å². The Morgan fingerprint density at radius 3 is 2.58 bits per heavy atom. The van der Waals surface area contributed by atoms with Crippen LogP contribution < -0.4 is 0 Å². The van der Waals surface area contributed by atoms with Gasteiger partial charge in [0.1, 0.15) is 4.75 Å². The van der Waals surface area contributed by atoms with E-state index in [1.54, 1.807) is 32.2 Å². The highest BCUT2D eigenvalue weighted by molar-refractivity contribution is 7.73. The molecule has 0 atom stereocenters. The van der Waals surface area contributed by atoms with E-state index in [1.165, 1.54) is 0 Å². The van der Waals surface area contributed by atoms with Crippen LogP contribution in [0.2, 0.25) is 0 Å². The van der Waals surface area contributed by atoms with E-state index in [0.29, 0.717) is 5.69 Å². The molecule has 0 amide bonds. The molecule has 0 aliphatic heterocycles. The molecule has 0 bridgehead atoms. The average molecular weight is 184 g/mol. The molecule has 0 aliphatic carbocycles. The lowest BCUT2D eigenvalue weighted by Gasteiger charge is -2.14. The second kappa shape index (κ2) is 3.23. The summed E-state index contributed by atoms with van der Waals surface area (Å²) in [4.78, 5) is 3.93. The largest absolute Gasteiger partial charge is 0.259 e. The predicted molar refractivity (Wildman–Crippen MR) is 46.4 cm³/mol. The number of thiol groups is 1. The van der Waals surface area contributed by atoms with Crippen LogP contribution in [0.15, 0.2) is 18.3 Å². The molecule has 1 aromatic rings. The Balaban J connectivity index is 3.15. The van der Waals surface area contributed by atoms with Gasteiger partial charge in [0.15, 0.2) is 10.7 Å². The Morgan fingerprint density at radius 2 is 2.17 bits per heavy atom. The third-order valence-corrected chi connectivity index (χ3v) is 2.77. The van der Waals surface area contributed by atoms with Crippen LogP contribution in [-0.2, 0) is 15.5 Å². The summed E-state index contributed by atoms with van der Waals surface area (Å²) in [5.41, 5.74) is 0.459. The van der Waals surface area contributed by atoms with E-state index in [2.05, 4.69) is 11.1 Å². The first-order chi connectivity index (χ1) is 5.55. The number of rotatable bonds is 2. The molecule has 1 radical (unpaired) electrons. The van der Waals surface area contributed by atoms with Crippen LogP contribution in [0.3, 0.4) is 0 Å². The molecule has 1 heterocycles. The second-order valence-corrected chi connectivity index (χ2v) is 4.58. The molecule has 0 unspecified atom stereocenters. The zero-order valence-corrected chi connectivity index (χ0v) is 7.84. The predicted octanol–water partition coefficient (Wildman–Crippen LogP) is 0.728. The van der Waals surface area contributed by atoms with E-state index >= 15 is 0 Å². The highest BCUT2D eigenvalue weighted by Gasteiger charge is 2.25. The summed E-state index contributed by atoms with van der Waals surface area (Å²) < 4.78 is 20.7. The van der Waals surface area contributed by atoms with Gasteiger partial charge >= 0.3 is 0 Å². The van der Waals surface area contributed by atoms with Gasteiger partial charge in [-0.05, 0) is 19.9 Å². The smallest absolute Gasteiger partial charge is 0.151 e. The second-order valence-electron chi connectivity index (χ2n) is 2.95. The Hall–Kier alpha value is -0.900. The van der Waals surface area contributed by atoms with Crippen LogP contribution in [0.25, 0.3) is 0 Å². The maximum absolute atomic E-state index is 10.8. The van der Waals surface area contributed by atoms with Crippen molar-refractivity contribution < 1.29 is 8.42 Å². The number of aromatic nitrogens is 1. The molecule has 0 saturated carbocycles. The van der Waals surface area contributed by atoms with E-state index in [4.69, 9.17) is 0 Å². The number of hydrogen-bond donors (Lipinski definition) is 1. The van der Waals surface area contributed by atoms with E-state index in [-0.39, 0.29) is 0 Å². The standard InChI is InChI=1S/C8H10NO2S/c1-8(2,12(10)11)7-5-3-4-6-9-7/h3-4,6,12H,1-2H3. The summed E-state index contributed by atoms with van der Waals surface area (Å²) >= 11 is 0.